The predicted octanol–water partition coefficient (Wildman–Crippen LogP) is 4.02. The first-order chi connectivity index (χ1) is 12.7. The summed E-state index contributed by atoms with van der Waals surface area (Å²) in [5.41, 5.74) is 1.18. The number of carbonyl (C=O) groups is 1. The third-order valence-corrected chi connectivity index (χ3v) is 5.83. The van der Waals surface area contributed by atoms with Crippen molar-refractivity contribution in [3.8, 4) is 0 Å². The van der Waals surface area contributed by atoms with E-state index in [1.54, 1.807) is 6.92 Å². The molecule has 0 aliphatic rings. The van der Waals surface area contributed by atoms with Crippen molar-refractivity contribution in [1.82, 2.24) is 4.72 Å². The summed E-state index contributed by atoms with van der Waals surface area (Å²) < 4.78 is 28.0. The molecule has 27 heavy (non-hydrogen) atoms. The van der Waals surface area contributed by atoms with E-state index in [9.17, 15) is 18.3 Å². The maximum Gasteiger partial charge on any atom is 0.337 e. The van der Waals surface area contributed by atoms with E-state index in [-0.39, 0.29) is 16.5 Å². The van der Waals surface area contributed by atoms with Crippen LogP contribution in [0.15, 0.2) is 53.4 Å². The molecular weight excluding hydrogens is 364 g/mol. The number of carboxylic acid groups (broad SMARTS) is 1. The van der Waals surface area contributed by atoms with Gasteiger partial charge in [-0.2, -0.15) is 0 Å². The number of rotatable bonds is 9. The molecule has 0 saturated carbocycles. The number of aromatic carboxylic acids is 1. The molecule has 0 heterocycles. The molecule has 0 aliphatic carbocycles. The van der Waals surface area contributed by atoms with Crippen LogP contribution in [-0.2, 0) is 10.0 Å². The van der Waals surface area contributed by atoms with Crippen LogP contribution >= 0.6 is 0 Å². The zero-order valence-electron chi connectivity index (χ0n) is 15.8. The van der Waals surface area contributed by atoms with Crippen molar-refractivity contribution >= 4 is 21.7 Å². The van der Waals surface area contributed by atoms with Crippen LogP contribution in [0.3, 0.4) is 0 Å². The number of benzene rings is 2. The first-order valence-corrected chi connectivity index (χ1v) is 10.4. The number of sulfonamides is 1. The van der Waals surface area contributed by atoms with E-state index >= 15 is 0 Å². The lowest BCUT2D eigenvalue weighted by molar-refractivity contribution is 0.0697. The van der Waals surface area contributed by atoms with Crippen molar-refractivity contribution in [2.24, 2.45) is 0 Å². The quantitative estimate of drug-likeness (QED) is 0.601. The van der Waals surface area contributed by atoms with Gasteiger partial charge in [-0.3, -0.25) is 0 Å². The van der Waals surface area contributed by atoms with Gasteiger partial charge < -0.3 is 10.4 Å². The van der Waals surface area contributed by atoms with Gasteiger partial charge in [0.1, 0.15) is 0 Å². The molecular formula is C20H26N2O4S. The zero-order chi connectivity index (χ0) is 20.0. The van der Waals surface area contributed by atoms with Crippen molar-refractivity contribution in [2.45, 2.75) is 50.6 Å². The van der Waals surface area contributed by atoms with Crippen LogP contribution < -0.4 is 10.0 Å². The van der Waals surface area contributed by atoms with Crippen molar-refractivity contribution in [3.05, 3.63) is 59.7 Å². The molecule has 2 aromatic rings. The summed E-state index contributed by atoms with van der Waals surface area (Å²) in [7, 11) is -3.86. The van der Waals surface area contributed by atoms with E-state index in [1.807, 2.05) is 44.2 Å². The third-order valence-electron chi connectivity index (χ3n) is 4.29. The van der Waals surface area contributed by atoms with Gasteiger partial charge in [-0.05, 0) is 44.0 Å². The molecule has 0 radical (unpaired) electrons. The molecule has 146 valence electrons. The Morgan fingerprint density at radius 1 is 1.11 bits per heavy atom. The minimum atomic E-state index is -3.86. The number of carboxylic acids is 1. The summed E-state index contributed by atoms with van der Waals surface area (Å²) >= 11 is 0. The van der Waals surface area contributed by atoms with Gasteiger partial charge in [0.05, 0.1) is 10.5 Å². The fraction of sp³-hybridized carbons (Fsp3) is 0.350. The Morgan fingerprint density at radius 2 is 1.78 bits per heavy atom. The molecule has 6 nitrogen and oxygen atoms in total. The van der Waals surface area contributed by atoms with Gasteiger partial charge in [-0.25, -0.2) is 17.9 Å². The van der Waals surface area contributed by atoms with Gasteiger partial charge >= 0.3 is 5.97 Å². The lowest BCUT2D eigenvalue weighted by Crippen LogP contribution is -2.27. The molecule has 0 aliphatic heterocycles. The van der Waals surface area contributed by atoms with Crippen molar-refractivity contribution in [3.63, 3.8) is 0 Å². The second-order valence-corrected chi connectivity index (χ2v) is 8.31. The van der Waals surface area contributed by atoms with Gasteiger partial charge in [0.25, 0.3) is 0 Å². The third kappa shape index (κ3) is 5.55. The van der Waals surface area contributed by atoms with E-state index < -0.39 is 22.0 Å². The molecule has 0 amide bonds. The summed E-state index contributed by atoms with van der Waals surface area (Å²) in [6.45, 7) is 5.75. The smallest absolute Gasteiger partial charge is 0.337 e. The van der Waals surface area contributed by atoms with Gasteiger partial charge in [0.15, 0.2) is 0 Å². The van der Waals surface area contributed by atoms with Gasteiger partial charge in [-0.1, -0.05) is 43.7 Å². The molecule has 2 atom stereocenters. The SMILES string of the molecule is CCCC(C)Nc1ccc(S(=O)(=O)NC(C)c2ccccc2)cc1C(=O)O. The Bertz CT molecular complexity index is 882. The van der Waals surface area contributed by atoms with Gasteiger partial charge in [0.2, 0.25) is 10.0 Å². The molecule has 0 fully saturated rings. The fourth-order valence-corrected chi connectivity index (χ4v) is 4.13. The van der Waals surface area contributed by atoms with E-state index in [0.717, 1.165) is 18.4 Å². The van der Waals surface area contributed by atoms with E-state index in [4.69, 9.17) is 0 Å². The Labute approximate surface area is 160 Å². The summed E-state index contributed by atoms with van der Waals surface area (Å²) in [6.07, 6.45) is 1.85. The van der Waals surface area contributed by atoms with Crippen molar-refractivity contribution < 1.29 is 18.3 Å². The first kappa shape index (κ1) is 20.9. The largest absolute Gasteiger partial charge is 0.478 e. The van der Waals surface area contributed by atoms with Crippen LogP contribution in [-0.4, -0.2) is 25.5 Å². The highest BCUT2D eigenvalue weighted by atomic mass is 32.2. The van der Waals surface area contributed by atoms with E-state index in [2.05, 4.69) is 10.0 Å². The number of hydrogen-bond acceptors (Lipinski definition) is 4. The van der Waals surface area contributed by atoms with E-state index in [0.29, 0.717) is 5.69 Å². The fourth-order valence-electron chi connectivity index (χ4n) is 2.87. The average Bonchev–Trinajstić information content (AvgIpc) is 2.62. The van der Waals surface area contributed by atoms with Crippen molar-refractivity contribution in [1.29, 1.82) is 0 Å². The number of nitrogens with one attached hydrogen (secondary N) is 2. The van der Waals surface area contributed by atoms with Crippen LogP contribution in [0.1, 0.15) is 55.6 Å². The summed E-state index contributed by atoms with van der Waals surface area (Å²) in [5.74, 6) is -1.17. The predicted molar refractivity (Wildman–Crippen MR) is 107 cm³/mol. The highest BCUT2D eigenvalue weighted by Gasteiger charge is 2.22. The van der Waals surface area contributed by atoms with Gasteiger partial charge in [-0.15, -0.1) is 0 Å². The molecule has 0 spiro atoms. The van der Waals surface area contributed by atoms with Gasteiger partial charge in [0, 0.05) is 17.8 Å². The minimum absolute atomic E-state index is 0.0619. The standard InChI is InChI=1S/C20H26N2O4S/c1-4-8-14(2)21-19-12-11-17(13-18(19)20(23)24)27(25,26)22-15(3)16-9-6-5-7-10-16/h5-7,9-15,21-22H,4,8H2,1-3H3,(H,23,24). The Hall–Kier alpha value is -2.38. The van der Waals surface area contributed by atoms with Crippen LogP contribution in [0.2, 0.25) is 0 Å². The number of hydrogen-bond donors (Lipinski definition) is 3. The van der Waals surface area contributed by atoms with E-state index in [1.165, 1.54) is 18.2 Å². The maximum absolute atomic E-state index is 12.7. The normalized spacial score (nSPS) is 13.7. The molecule has 0 saturated heterocycles. The minimum Gasteiger partial charge on any atom is -0.478 e. The lowest BCUT2D eigenvalue weighted by Gasteiger charge is -2.18. The van der Waals surface area contributed by atoms with Crippen LogP contribution in [0.5, 0.6) is 0 Å². The second-order valence-electron chi connectivity index (χ2n) is 6.60. The summed E-state index contributed by atoms with van der Waals surface area (Å²) in [4.78, 5) is 11.6. The topological polar surface area (TPSA) is 95.5 Å². The molecule has 0 aromatic heterocycles. The monoisotopic (exact) mass is 390 g/mol. The molecule has 0 bridgehead atoms. The maximum atomic E-state index is 12.7. The van der Waals surface area contributed by atoms with Crippen molar-refractivity contribution in [2.75, 3.05) is 5.32 Å². The lowest BCUT2D eigenvalue weighted by atomic mass is 10.1. The summed E-state index contributed by atoms with van der Waals surface area (Å²) in [6, 6.07) is 13.0. The average molecular weight is 391 g/mol. The molecule has 3 N–H and O–H groups in total. The molecule has 2 rings (SSSR count). The Kier molecular flexibility index (Phi) is 6.98. The highest BCUT2D eigenvalue weighted by molar-refractivity contribution is 7.89. The van der Waals surface area contributed by atoms with Crippen LogP contribution in [0.4, 0.5) is 5.69 Å². The molecule has 7 heteroatoms. The number of anilines is 1. The van der Waals surface area contributed by atoms with Crippen LogP contribution in [0.25, 0.3) is 0 Å². The highest BCUT2D eigenvalue weighted by Crippen LogP contribution is 2.23. The zero-order valence-corrected chi connectivity index (χ0v) is 16.6. The summed E-state index contributed by atoms with van der Waals surface area (Å²) in [5, 5.41) is 12.6. The molecule has 2 aromatic carbocycles. The second kappa shape index (κ2) is 9.01. The molecule has 2 unspecified atom stereocenters. The first-order valence-electron chi connectivity index (χ1n) is 8.95. The Balaban J connectivity index is 2.29. The van der Waals surface area contributed by atoms with Crippen LogP contribution in [0, 0.1) is 0 Å². The Morgan fingerprint density at radius 3 is 2.37 bits per heavy atom.